The lowest BCUT2D eigenvalue weighted by atomic mass is 10.1. The Morgan fingerprint density at radius 3 is 2.85 bits per heavy atom. The highest BCUT2D eigenvalue weighted by atomic mass is 16.3. The molecule has 7 nitrogen and oxygen atoms in total. The topological polar surface area (TPSA) is 72.2 Å². The average molecular weight is 364 g/mol. The van der Waals surface area contributed by atoms with E-state index >= 15 is 0 Å². The SMILES string of the molecule is O=C(NCCCN1CCCC1)N1CCN(Cc2ccco2)[C@@H](CCO)C1. The minimum atomic E-state index is 0.0204. The van der Waals surface area contributed by atoms with Crippen molar-refractivity contribution in [2.75, 3.05) is 52.4 Å². The molecule has 0 spiro atoms. The van der Waals surface area contributed by atoms with Crippen LogP contribution < -0.4 is 5.32 Å². The van der Waals surface area contributed by atoms with Crippen LogP contribution in [0.3, 0.4) is 0 Å². The molecule has 146 valence electrons. The largest absolute Gasteiger partial charge is 0.468 e. The number of aliphatic hydroxyl groups is 1. The summed E-state index contributed by atoms with van der Waals surface area (Å²) in [6.07, 6.45) is 5.97. The van der Waals surface area contributed by atoms with Gasteiger partial charge in [-0.2, -0.15) is 0 Å². The Morgan fingerprint density at radius 2 is 2.12 bits per heavy atom. The average Bonchev–Trinajstić information content (AvgIpc) is 3.34. The first-order valence-electron chi connectivity index (χ1n) is 9.88. The van der Waals surface area contributed by atoms with Gasteiger partial charge in [0, 0.05) is 38.8 Å². The molecule has 2 amide bonds. The minimum absolute atomic E-state index is 0.0204. The predicted molar refractivity (Wildman–Crippen MR) is 99.9 cm³/mol. The van der Waals surface area contributed by atoms with E-state index in [9.17, 15) is 9.90 Å². The zero-order valence-corrected chi connectivity index (χ0v) is 15.6. The Morgan fingerprint density at radius 1 is 1.27 bits per heavy atom. The first-order chi connectivity index (χ1) is 12.8. The van der Waals surface area contributed by atoms with Crippen molar-refractivity contribution in [1.29, 1.82) is 0 Å². The number of likely N-dealkylation sites (tertiary alicyclic amines) is 1. The van der Waals surface area contributed by atoms with Gasteiger partial charge >= 0.3 is 6.03 Å². The van der Waals surface area contributed by atoms with E-state index in [4.69, 9.17) is 4.42 Å². The summed E-state index contributed by atoms with van der Waals surface area (Å²) in [6.45, 7) is 7.22. The number of furan rings is 1. The molecule has 3 heterocycles. The first kappa shape index (κ1) is 19.2. The van der Waals surface area contributed by atoms with Crippen LogP contribution in [0.5, 0.6) is 0 Å². The fraction of sp³-hybridized carbons (Fsp3) is 0.737. The number of urea groups is 1. The molecular formula is C19H32N4O3. The molecule has 0 unspecified atom stereocenters. The molecule has 1 aromatic rings. The number of hydrogen-bond donors (Lipinski definition) is 2. The van der Waals surface area contributed by atoms with Crippen LogP contribution in [0.25, 0.3) is 0 Å². The summed E-state index contributed by atoms with van der Waals surface area (Å²) in [5.74, 6) is 0.924. The molecule has 0 aliphatic carbocycles. The first-order valence-corrected chi connectivity index (χ1v) is 9.88. The Labute approximate surface area is 155 Å². The van der Waals surface area contributed by atoms with Crippen molar-refractivity contribution < 1.29 is 14.3 Å². The van der Waals surface area contributed by atoms with Crippen LogP contribution in [-0.4, -0.2) is 84.3 Å². The number of hydrogen-bond acceptors (Lipinski definition) is 5. The quantitative estimate of drug-likeness (QED) is 0.681. The van der Waals surface area contributed by atoms with E-state index in [-0.39, 0.29) is 18.7 Å². The molecule has 0 saturated carbocycles. The number of nitrogens with zero attached hydrogens (tertiary/aromatic N) is 3. The van der Waals surface area contributed by atoms with Gasteiger partial charge in [0.1, 0.15) is 5.76 Å². The van der Waals surface area contributed by atoms with Gasteiger partial charge < -0.3 is 24.6 Å². The fourth-order valence-electron chi connectivity index (χ4n) is 3.93. The number of carbonyl (C=O) groups is 1. The van der Waals surface area contributed by atoms with Crippen LogP contribution in [0.4, 0.5) is 4.79 Å². The molecule has 2 aliphatic heterocycles. The zero-order chi connectivity index (χ0) is 18.2. The minimum Gasteiger partial charge on any atom is -0.468 e. The Balaban J connectivity index is 1.41. The molecule has 0 aromatic carbocycles. The van der Waals surface area contributed by atoms with E-state index in [1.807, 2.05) is 17.0 Å². The highest BCUT2D eigenvalue weighted by Crippen LogP contribution is 2.17. The fourth-order valence-corrected chi connectivity index (χ4v) is 3.93. The molecule has 2 saturated heterocycles. The highest BCUT2D eigenvalue weighted by Gasteiger charge is 2.29. The molecule has 3 rings (SSSR count). The predicted octanol–water partition coefficient (Wildman–Crippen LogP) is 1.34. The van der Waals surface area contributed by atoms with E-state index in [0.29, 0.717) is 19.5 Å². The van der Waals surface area contributed by atoms with Gasteiger partial charge in [-0.1, -0.05) is 0 Å². The standard InChI is InChI=1S/C19H32N4O3/c24-13-6-17-15-23(12-11-22(17)16-18-5-3-14-26-18)19(25)20-7-4-10-21-8-1-2-9-21/h3,5,14,17,24H,1-2,4,6-13,15-16H2,(H,20,25)/t17-/m0/s1. The van der Waals surface area contributed by atoms with Gasteiger partial charge in [0.2, 0.25) is 0 Å². The highest BCUT2D eigenvalue weighted by molar-refractivity contribution is 5.74. The van der Waals surface area contributed by atoms with Gasteiger partial charge in [0.15, 0.2) is 0 Å². The second-order valence-corrected chi connectivity index (χ2v) is 7.30. The molecule has 2 N–H and O–H groups in total. The summed E-state index contributed by atoms with van der Waals surface area (Å²) >= 11 is 0. The third-order valence-corrected chi connectivity index (χ3v) is 5.42. The third-order valence-electron chi connectivity index (χ3n) is 5.42. The van der Waals surface area contributed by atoms with Gasteiger partial charge in [-0.25, -0.2) is 4.79 Å². The molecule has 0 radical (unpaired) electrons. The van der Waals surface area contributed by atoms with Gasteiger partial charge in [0.05, 0.1) is 12.8 Å². The van der Waals surface area contributed by atoms with Crippen molar-refractivity contribution in [1.82, 2.24) is 20.0 Å². The van der Waals surface area contributed by atoms with Gasteiger partial charge in [-0.15, -0.1) is 0 Å². The molecule has 26 heavy (non-hydrogen) atoms. The summed E-state index contributed by atoms with van der Waals surface area (Å²) in [6, 6.07) is 4.04. The van der Waals surface area contributed by atoms with E-state index in [2.05, 4.69) is 15.1 Å². The zero-order valence-electron chi connectivity index (χ0n) is 15.6. The molecule has 2 fully saturated rings. The Hall–Kier alpha value is -1.57. The summed E-state index contributed by atoms with van der Waals surface area (Å²) in [5, 5.41) is 12.5. The summed E-state index contributed by atoms with van der Waals surface area (Å²) in [4.78, 5) is 19.1. The Kier molecular flexibility index (Phi) is 7.34. The molecule has 0 bridgehead atoms. The lowest BCUT2D eigenvalue weighted by molar-refractivity contribution is 0.0636. The van der Waals surface area contributed by atoms with Gasteiger partial charge in [0.25, 0.3) is 0 Å². The lowest BCUT2D eigenvalue weighted by Gasteiger charge is -2.41. The molecule has 1 aromatic heterocycles. The van der Waals surface area contributed by atoms with Gasteiger partial charge in [-0.3, -0.25) is 4.90 Å². The maximum atomic E-state index is 12.5. The van der Waals surface area contributed by atoms with E-state index in [1.165, 1.54) is 25.9 Å². The molecule has 2 aliphatic rings. The summed E-state index contributed by atoms with van der Waals surface area (Å²) in [5.41, 5.74) is 0. The third kappa shape index (κ3) is 5.46. The molecule has 7 heteroatoms. The number of aliphatic hydroxyl groups excluding tert-OH is 1. The number of piperazine rings is 1. The van der Waals surface area contributed by atoms with Crippen LogP contribution in [-0.2, 0) is 6.54 Å². The number of nitrogens with one attached hydrogen (secondary N) is 1. The van der Waals surface area contributed by atoms with Crippen molar-refractivity contribution in [3.8, 4) is 0 Å². The molecule has 1 atom stereocenters. The smallest absolute Gasteiger partial charge is 0.317 e. The maximum Gasteiger partial charge on any atom is 0.317 e. The van der Waals surface area contributed by atoms with Crippen molar-refractivity contribution >= 4 is 6.03 Å². The number of rotatable bonds is 8. The second-order valence-electron chi connectivity index (χ2n) is 7.30. The van der Waals surface area contributed by atoms with Crippen LogP contribution in [0.2, 0.25) is 0 Å². The lowest BCUT2D eigenvalue weighted by Crippen LogP contribution is -2.56. The number of amides is 2. The van der Waals surface area contributed by atoms with E-state index in [1.54, 1.807) is 6.26 Å². The van der Waals surface area contributed by atoms with Crippen LogP contribution in [0, 0.1) is 0 Å². The summed E-state index contributed by atoms with van der Waals surface area (Å²) < 4.78 is 5.44. The molecular weight excluding hydrogens is 332 g/mol. The number of carbonyl (C=O) groups excluding carboxylic acids is 1. The van der Waals surface area contributed by atoms with Crippen LogP contribution in [0.1, 0.15) is 31.4 Å². The van der Waals surface area contributed by atoms with Crippen molar-refractivity contribution in [3.05, 3.63) is 24.2 Å². The van der Waals surface area contributed by atoms with Crippen LogP contribution >= 0.6 is 0 Å². The van der Waals surface area contributed by atoms with E-state index < -0.39 is 0 Å². The summed E-state index contributed by atoms with van der Waals surface area (Å²) in [7, 11) is 0. The van der Waals surface area contributed by atoms with Crippen molar-refractivity contribution in [2.24, 2.45) is 0 Å². The second kappa shape index (κ2) is 9.94. The van der Waals surface area contributed by atoms with Crippen LogP contribution in [0.15, 0.2) is 22.8 Å². The van der Waals surface area contributed by atoms with Crippen molar-refractivity contribution in [3.63, 3.8) is 0 Å². The van der Waals surface area contributed by atoms with Gasteiger partial charge in [-0.05, 0) is 57.5 Å². The van der Waals surface area contributed by atoms with Crippen molar-refractivity contribution in [2.45, 2.75) is 38.3 Å². The Bertz CT molecular complexity index is 531. The normalized spacial score (nSPS) is 22.0. The maximum absolute atomic E-state index is 12.5. The van der Waals surface area contributed by atoms with E-state index in [0.717, 1.165) is 38.4 Å². The monoisotopic (exact) mass is 364 g/mol.